The van der Waals surface area contributed by atoms with Gasteiger partial charge in [0.05, 0.1) is 10.7 Å². The molecule has 7 heteroatoms. The quantitative estimate of drug-likeness (QED) is 0.552. The van der Waals surface area contributed by atoms with Crippen LogP contribution in [0.4, 0.5) is 0 Å². The van der Waals surface area contributed by atoms with Crippen LogP contribution in [0, 0.1) is 0 Å². The van der Waals surface area contributed by atoms with Gasteiger partial charge in [-0.05, 0) is 18.2 Å². The Labute approximate surface area is 153 Å². The third kappa shape index (κ3) is 3.27. The van der Waals surface area contributed by atoms with Crippen LogP contribution in [0.5, 0.6) is 0 Å². The van der Waals surface area contributed by atoms with E-state index in [1.807, 2.05) is 42.5 Å². The van der Waals surface area contributed by atoms with E-state index in [2.05, 4.69) is 15.2 Å². The zero-order chi connectivity index (χ0) is 17.9. The molecule has 0 aliphatic rings. The zero-order valence-electron chi connectivity index (χ0n) is 13.5. The highest BCUT2D eigenvalue weighted by Crippen LogP contribution is 2.24. The molecule has 0 atom stereocenters. The number of hydrogen-bond donors (Lipinski definition) is 0. The molecule has 0 unspecified atom stereocenters. The maximum atomic E-state index is 12.1. The SMILES string of the molecule is O=c1ccc(-c2ccccc2)nn1Cc1nc(-c2ccccc2Cl)no1. The van der Waals surface area contributed by atoms with Crippen molar-refractivity contribution >= 4 is 11.6 Å². The van der Waals surface area contributed by atoms with Crippen molar-refractivity contribution in [3.63, 3.8) is 0 Å². The summed E-state index contributed by atoms with van der Waals surface area (Å²) in [7, 11) is 0. The summed E-state index contributed by atoms with van der Waals surface area (Å²) in [6, 6.07) is 20.0. The Balaban J connectivity index is 1.64. The molecule has 0 saturated carbocycles. The molecule has 0 fully saturated rings. The van der Waals surface area contributed by atoms with E-state index in [0.29, 0.717) is 22.1 Å². The molecule has 4 rings (SSSR count). The molecule has 128 valence electrons. The summed E-state index contributed by atoms with van der Waals surface area (Å²) >= 11 is 6.15. The Morgan fingerprint density at radius 1 is 0.962 bits per heavy atom. The predicted molar refractivity (Wildman–Crippen MR) is 97.8 cm³/mol. The molecule has 6 nitrogen and oxygen atoms in total. The zero-order valence-corrected chi connectivity index (χ0v) is 14.3. The van der Waals surface area contributed by atoms with Crippen LogP contribution in [-0.4, -0.2) is 19.9 Å². The standard InChI is InChI=1S/C19H13ClN4O2/c20-15-9-5-4-8-14(15)19-21-17(26-23-19)12-24-18(25)11-10-16(22-24)13-6-2-1-3-7-13/h1-11H,12H2. The predicted octanol–water partition coefficient (Wildman–Crippen LogP) is 3.66. The van der Waals surface area contributed by atoms with Crippen LogP contribution in [0.2, 0.25) is 5.02 Å². The fraction of sp³-hybridized carbons (Fsp3) is 0.0526. The Bertz CT molecular complexity index is 1110. The molecule has 0 amide bonds. The maximum Gasteiger partial charge on any atom is 0.267 e. The van der Waals surface area contributed by atoms with E-state index in [1.54, 1.807) is 18.2 Å². The van der Waals surface area contributed by atoms with Gasteiger partial charge in [-0.2, -0.15) is 10.1 Å². The van der Waals surface area contributed by atoms with Crippen molar-refractivity contribution in [3.05, 3.63) is 88.0 Å². The van der Waals surface area contributed by atoms with E-state index in [0.717, 1.165) is 5.56 Å². The van der Waals surface area contributed by atoms with E-state index >= 15 is 0 Å². The summed E-state index contributed by atoms with van der Waals surface area (Å²) in [6.07, 6.45) is 0. The van der Waals surface area contributed by atoms with Gasteiger partial charge in [-0.1, -0.05) is 59.2 Å². The second kappa shape index (κ2) is 6.93. The van der Waals surface area contributed by atoms with Gasteiger partial charge in [-0.3, -0.25) is 4.79 Å². The van der Waals surface area contributed by atoms with E-state index in [4.69, 9.17) is 16.1 Å². The van der Waals surface area contributed by atoms with Gasteiger partial charge in [0.15, 0.2) is 0 Å². The smallest absolute Gasteiger partial charge is 0.267 e. The molecule has 0 aliphatic carbocycles. The maximum absolute atomic E-state index is 12.1. The highest BCUT2D eigenvalue weighted by Gasteiger charge is 2.13. The van der Waals surface area contributed by atoms with Gasteiger partial charge in [0.2, 0.25) is 11.7 Å². The average Bonchev–Trinajstić information content (AvgIpc) is 3.13. The molecule has 0 N–H and O–H groups in total. The lowest BCUT2D eigenvalue weighted by Crippen LogP contribution is -2.23. The van der Waals surface area contributed by atoms with Gasteiger partial charge >= 0.3 is 0 Å². The first-order valence-corrected chi connectivity index (χ1v) is 8.29. The van der Waals surface area contributed by atoms with Crippen molar-refractivity contribution in [1.29, 1.82) is 0 Å². The second-order valence-corrected chi connectivity index (χ2v) is 5.98. The molecule has 0 bridgehead atoms. The van der Waals surface area contributed by atoms with Gasteiger partial charge in [-0.15, -0.1) is 0 Å². The summed E-state index contributed by atoms with van der Waals surface area (Å²) in [5.74, 6) is 0.651. The fourth-order valence-corrected chi connectivity index (χ4v) is 2.74. The Morgan fingerprint density at radius 2 is 1.73 bits per heavy atom. The van der Waals surface area contributed by atoms with Crippen LogP contribution in [0.15, 0.2) is 76.0 Å². The molecule has 0 radical (unpaired) electrons. The minimum atomic E-state index is -0.248. The third-order valence-corrected chi connectivity index (χ3v) is 4.13. The summed E-state index contributed by atoms with van der Waals surface area (Å²) in [5, 5.41) is 8.86. The minimum Gasteiger partial charge on any atom is -0.337 e. The van der Waals surface area contributed by atoms with E-state index in [1.165, 1.54) is 10.7 Å². The van der Waals surface area contributed by atoms with Crippen molar-refractivity contribution in [2.45, 2.75) is 6.54 Å². The lowest BCUT2D eigenvalue weighted by Gasteiger charge is -2.04. The number of benzene rings is 2. The van der Waals surface area contributed by atoms with Crippen molar-refractivity contribution in [2.75, 3.05) is 0 Å². The number of halogens is 1. The molecule has 0 aliphatic heterocycles. The van der Waals surface area contributed by atoms with Crippen LogP contribution < -0.4 is 5.56 Å². The van der Waals surface area contributed by atoms with Gasteiger partial charge in [-0.25, -0.2) is 4.68 Å². The van der Waals surface area contributed by atoms with Crippen LogP contribution in [-0.2, 0) is 6.54 Å². The molecular weight excluding hydrogens is 352 g/mol. The van der Waals surface area contributed by atoms with Gasteiger partial charge in [0, 0.05) is 17.2 Å². The number of hydrogen-bond acceptors (Lipinski definition) is 5. The molecule has 0 saturated heterocycles. The van der Waals surface area contributed by atoms with Crippen molar-refractivity contribution in [1.82, 2.24) is 19.9 Å². The lowest BCUT2D eigenvalue weighted by atomic mass is 10.1. The first-order chi connectivity index (χ1) is 12.7. The molecule has 4 aromatic rings. The van der Waals surface area contributed by atoms with E-state index in [9.17, 15) is 4.79 Å². The van der Waals surface area contributed by atoms with Gasteiger partial charge < -0.3 is 4.52 Å². The Kier molecular flexibility index (Phi) is 4.33. The van der Waals surface area contributed by atoms with Crippen LogP contribution in [0.1, 0.15) is 5.89 Å². The van der Waals surface area contributed by atoms with E-state index in [-0.39, 0.29) is 18.0 Å². The Morgan fingerprint density at radius 3 is 2.54 bits per heavy atom. The summed E-state index contributed by atoms with van der Waals surface area (Å²) in [5.41, 5.74) is 2.03. The average molecular weight is 365 g/mol. The van der Waals surface area contributed by atoms with E-state index < -0.39 is 0 Å². The normalized spacial score (nSPS) is 10.8. The van der Waals surface area contributed by atoms with Crippen LogP contribution >= 0.6 is 11.6 Å². The lowest BCUT2D eigenvalue weighted by molar-refractivity contribution is 0.363. The highest BCUT2D eigenvalue weighted by atomic mass is 35.5. The Hall–Kier alpha value is -3.25. The summed E-state index contributed by atoms with van der Waals surface area (Å²) in [6.45, 7) is 0.0803. The first-order valence-electron chi connectivity index (χ1n) is 7.92. The molecule has 26 heavy (non-hydrogen) atoms. The van der Waals surface area contributed by atoms with Crippen LogP contribution in [0.3, 0.4) is 0 Å². The molecule has 2 heterocycles. The number of nitrogens with zero attached hydrogens (tertiary/aromatic N) is 4. The largest absolute Gasteiger partial charge is 0.337 e. The monoisotopic (exact) mass is 364 g/mol. The topological polar surface area (TPSA) is 73.8 Å². The summed E-state index contributed by atoms with van der Waals surface area (Å²) < 4.78 is 6.56. The first kappa shape index (κ1) is 16.2. The van der Waals surface area contributed by atoms with Crippen LogP contribution in [0.25, 0.3) is 22.6 Å². The molecule has 0 spiro atoms. The molecule has 2 aromatic carbocycles. The van der Waals surface area contributed by atoms with Gasteiger partial charge in [0.25, 0.3) is 5.56 Å². The molecular formula is C19H13ClN4O2. The van der Waals surface area contributed by atoms with Gasteiger partial charge in [0.1, 0.15) is 6.54 Å². The number of aromatic nitrogens is 4. The van der Waals surface area contributed by atoms with Crippen molar-refractivity contribution in [3.8, 4) is 22.6 Å². The van der Waals surface area contributed by atoms with Crippen molar-refractivity contribution < 1.29 is 4.52 Å². The third-order valence-electron chi connectivity index (χ3n) is 3.80. The second-order valence-electron chi connectivity index (χ2n) is 5.57. The molecule has 2 aromatic heterocycles. The minimum absolute atomic E-state index is 0.0803. The summed E-state index contributed by atoms with van der Waals surface area (Å²) in [4.78, 5) is 16.4. The number of rotatable bonds is 4. The highest BCUT2D eigenvalue weighted by molar-refractivity contribution is 6.33. The van der Waals surface area contributed by atoms with Crippen molar-refractivity contribution in [2.24, 2.45) is 0 Å². The fourth-order valence-electron chi connectivity index (χ4n) is 2.52.